The van der Waals surface area contributed by atoms with E-state index in [2.05, 4.69) is 21.2 Å². The number of ether oxygens (including phenoxy) is 1. The van der Waals surface area contributed by atoms with Crippen molar-refractivity contribution in [2.45, 2.75) is 45.4 Å². The van der Waals surface area contributed by atoms with Crippen LogP contribution in [0.4, 0.5) is 4.79 Å². The molecule has 1 aromatic rings. The zero-order valence-electron chi connectivity index (χ0n) is 14.8. The van der Waals surface area contributed by atoms with Gasteiger partial charge in [-0.05, 0) is 44.9 Å². The van der Waals surface area contributed by atoms with E-state index in [0.29, 0.717) is 19.5 Å². The monoisotopic (exact) mass is 412 g/mol. The molecule has 0 aromatic heterocycles. The quantitative estimate of drug-likeness (QED) is 0.793. The third-order valence-corrected chi connectivity index (χ3v) is 4.53. The van der Waals surface area contributed by atoms with Crippen molar-refractivity contribution < 1.29 is 19.4 Å². The lowest BCUT2D eigenvalue weighted by molar-refractivity contribution is -0.144. The summed E-state index contributed by atoms with van der Waals surface area (Å²) in [4.78, 5) is 25.3. The molecule has 1 fully saturated rings. The van der Waals surface area contributed by atoms with Crippen LogP contribution in [-0.4, -0.2) is 46.8 Å². The molecule has 25 heavy (non-hydrogen) atoms. The van der Waals surface area contributed by atoms with Crippen LogP contribution in [0.2, 0.25) is 0 Å². The number of carboxylic acid groups (broad SMARTS) is 1. The van der Waals surface area contributed by atoms with E-state index in [9.17, 15) is 14.7 Å². The lowest BCUT2D eigenvalue weighted by Gasteiger charge is -2.37. The second kappa shape index (κ2) is 8.19. The average Bonchev–Trinajstić information content (AvgIpc) is 2.51. The Morgan fingerprint density at radius 2 is 2.12 bits per heavy atom. The molecule has 0 aliphatic carbocycles. The summed E-state index contributed by atoms with van der Waals surface area (Å²) in [5, 5.41) is 12.9. The van der Waals surface area contributed by atoms with E-state index in [0.717, 1.165) is 10.0 Å². The molecule has 0 spiro atoms. The number of benzene rings is 1. The number of nitrogens with zero attached hydrogens (tertiary/aromatic N) is 1. The zero-order valence-corrected chi connectivity index (χ0v) is 16.4. The molecule has 6 nitrogen and oxygen atoms in total. The lowest BCUT2D eigenvalue weighted by atomic mass is 9.92. The van der Waals surface area contributed by atoms with Gasteiger partial charge >= 0.3 is 12.1 Å². The van der Waals surface area contributed by atoms with E-state index in [1.165, 1.54) is 4.90 Å². The fraction of sp³-hybridized carbons (Fsp3) is 0.556. The van der Waals surface area contributed by atoms with Crippen LogP contribution in [0, 0.1) is 5.92 Å². The Labute approximate surface area is 156 Å². The molecular weight excluding hydrogens is 388 g/mol. The highest BCUT2D eigenvalue weighted by Gasteiger charge is 2.37. The fourth-order valence-corrected chi connectivity index (χ4v) is 3.28. The van der Waals surface area contributed by atoms with E-state index in [1.54, 1.807) is 20.8 Å². The summed E-state index contributed by atoms with van der Waals surface area (Å²) in [6.45, 7) is 6.61. The molecule has 0 radical (unpaired) electrons. The standard InChI is InChI=1S/C18H25BrN2O4/c1-18(2,3)25-17(24)21-8-7-15(14(11-21)16(22)23)20-10-12-5-4-6-13(19)9-12/h4-6,9,14-15,20H,7-8,10-11H2,1-3H3,(H,22,23)/t14-,15-/m0/s1. The van der Waals surface area contributed by atoms with Gasteiger partial charge in [-0.3, -0.25) is 4.79 Å². The van der Waals surface area contributed by atoms with Gasteiger partial charge in [0.25, 0.3) is 0 Å². The highest BCUT2D eigenvalue weighted by atomic mass is 79.9. The van der Waals surface area contributed by atoms with Crippen LogP contribution in [0.5, 0.6) is 0 Å². The van der Waals surface area contributed by atoms with Crippen LogP contribution in [0.25, 0.3) is 0 Å². The number of piperidine rings is 1. The van der Waals surface area contributed by atoms with Crippen molar-refractivity contribution in [3.63, 3.8) is 0 Å². The molecule has 2 N–H and O–H groups in total. The first kappa shape index (κ1) is 19.7. The molecule has 2 rings (SSSR count). The van der Waals surface area contributed by atoms with Crippen molar-refractivity contribution in [2.24, 2.45) is 5.92 Å². The maximum Gasteiger partial charge on any atom is 0.410 e. The van der Waals surface area contributed by atoms with Gasteiger partial charge in [-0.25, -0.2) is 4.79 Å². The van der Waals surface area contributed by atoms with Gasteiger partial charge in [0.1, 0.15) is 5.60 Å². The fourth-order valence-electron chi connectivity index (χ4n) is 2.83. The highest BCUT2D eigenvalue weighted by molar-refractivity contribution is 9.10. The third kappa shape index (κ3) is 6.01. The average molecular weight is 413 g/mol. The minimum absolute atomic E-state index is 0.153. The van der Waals surface area contributed by atoms with Gasteiger partial charge in [-0.15, -0.1) is 0 Å². The summed E-state index contributed by atoms with van der Waals surface area (Å²) in [6.07, 6.45) is 0.119. The molecular formula is C18H25BrN2O4. The number of halogens is 1. The molecule has 0 unspecified atom stereocenters. The minimum atomic E-state index is -0.903. The Balaban J connectivity index is 1.97. The SMILES string of the molecule is CC(C)(C)OC(=O)N1CC[C@H](NCc2cccc(Br)c2)[C@@H](C(=O)O)C1. The highest BCUT2D eigenvalue weighted by Crippen LogP contribution is 2.21. The van der Waals surface area contributed by atoms with Crippen LogP contribution in [0.3, 0.4) is 0 Å². The molecule has 138 valence electrons. The second-order valence-electron chi connectivity index (χ2n) is 7.28. The van der Waals surface area contributed by atoms with E-state index >= 15 is 0 Å². The maximum atomic E-state index is 12.2. The number of nitrogens with one attached hydrogen (secondary N) is 1. The normalized spacial score (nSPS) is 21.0. The molecule has 1 saturated heterocycles. The number of carbonyl (C=O) groups is 2. The van der Waals surface area contributed by atoms with Gasteiger partial charge in [0, 0.05) is 30.1 Å². The van der Waals surface area contributed by atoms with Gasteiger partial charge < -0.3 is 20.1 Å². The molecule has 0 saturated carbocycles. The van der Waals surface area contributed by atoms with Crippen LogP contribution in [-0.2, 0) is 16.1 Å². The van der Waals surface area contributed by atoms with E-state index in [4.69, 9.17) is 4.74 Å². The van der Waals surface area contributed by atoms with E-state index in [-0.39, 0.29) is 12.6 Å². The Kier molecular flexibility index (Phi) is 6.46. The number of hydrogen-bond donors (Lipinski definition) is 2. The molecule has 1 aliphatic heterocycles. The summed E-state index contributed by atoms with van der Waals surface area (Å²) in [5.41, 5.74) is 0.485. The van der Waals surface area contributed by atoms with E-state index < -0.39 is 23.6 Å². The predicted octanol–water partition coefficient (Wildman–Crippen LogP) is 3.25. The number of amides is 1. The third-order valence-electron chi connectivity index (χ3n) is 4.04. The summed E-state index contributed by atoms with van der Waals surface area (Å²) < 4.78 is 6.34. The summed E-state index contributed by atoms with van der Waals surface area (Å²) in [6, 6.07) is 7.70. The molecule has 1 heterocycles. The molecule has 7 heteroatoms. The van der Waals surface area contributed by atoms with Gasteiger partial charge in [0.2, 0.25) is 0 Å². The summed E-state index contributed by atoms with van der Waals surface area (Å²) in [7, 11) is 0. The molecule has 1 amide bonds. The summed E-state index contributed by atoms with van der Waals surface area (Å²) in [5.74, 6) is -1.56. The Hall–Kier alpha value is -1.60. The van der Waals surface area contributed by atoms with Crippen LogP contribution >= 0.6 is 15.9 Å². The number of rotatable bonds is 4. The molecule has 2 atom stereocenters. The Morgan fingerprint density at radius 3 is 2.72 bits per heavy atom. The van der Waals surface area contributed by atoms with Crippen LogP contribution in [0.15, 0.2) is 28.7 Å². The molecule has 1 aromatic carbocycles. The second-order valence-corrected chi connectivity index (χ2v) is 8.19. The van der Waals surface area contributed by atoms with Crippen molar-refractivity contribution in [1.82, 2.24) is 10.2 Å². The van der Waals surface area contributed by atoms with Crippen LogP contribution in [0.1, 0.15) is 32.8 Å². The smallest absolute Gasteiger partial charge is 0.410 e. The molecule has 0 bridgehead atoms. The zero-order chi connectivity index (χ0) is 18.6. The number of likely N-dealkylation sites (tertiary alicyclic amines) is 1. The first-order valence-corrected chi connectivity index (χ1v) is 9.13. The largest absolute Gasteiger partial charge is 0.481 e. The maximum absolute atomic E-state index is 12.2. The number of hydrogen-bond acceptors (Lipinski definition) is 4. The van der Waals surface area contributed by atoms with Crippen LogP contribution < -0.4 is 5.32 Å². The van der Waals surface area contributed by atoms with Crippen molar-refractivity contribution in [3.05, 3.63) is 34.3 Å². The first-order valence-electron chi connectivity index (χ1n) is 8.34. The van der Waals surface area contributed by atoms with Crippen molar-refractivity contribution in [3.8, 4) is 0 Å². The Morgan fingerprint density at radius 1 is 1.40 bits per heavy atom. The minimum Gasteiger partial charge on any atom is -0.481 e. The Bertz CT molecular complexity index is 630. The topological polar surface area (TPSA) is 78.9 Å². The number of carboxylic acids is 1. The first-order chi connectivity index (χ1) is 11.7. The number of aliphatic carboxylic acids is 1. The van der Waals surface area contributed by atoms with Gasteiger partial charge in [0.15, 0.2) is 0 Å². The van der Waals surface area contributed by atoms with Gasteiger partial charge in [-0.1, -0.05) is 28.1 Å². The van der Waals surface area contributed by atoms with Crippen molar-refractivity contribution in [1.29, 1.82) is 0 Å². The van der Waals surface area contributed by atoms with E-state index in [1.807, 2.05) is 24.3 Å². The lowest BCUT2D eigenvalue weighted by Crippen LogP contribution is -2.54. The predicted molar refractivity (Wildman–Crippen MR) is 98.3 cm³/mol. The number of carbonyl (C=O) groups excluding carboxylic acids is 1. The van der Waals surface area contributed by atoms with Gasteiger partial charge in [0.05, 0.1) is 5.92 Å². The molecule has 1 aliphatic rings. The van der Waals surface area contributed by atoms with Crippen molar-refractivity contribution in [2.75, 3.05) is 13.1 Å². The van der Waals surface area contributed by atoms with Gasteiger partial charge in [-0.2, -0.15) is 0 Å². The van der Waals surface area contributed by atoms with Crippen molar-refractivity contribution >= 4 is 28.0 Å². The summed E-state index contributed by atoms with van der Waals surface area (Å²) >= 11 is 3.43.